The van der Waals surface area contributed by atoms with Crippen molar-refractivity contribution in [3.05, 3.63) is 0 Å². The van der Waals surface area contributed by atoms with Gasteiger partial charge in [-0.2, -0.15) is 0 Å². The van der Waals surface area contributed by atoms with Crippen molar-refractivity contribution < 1.29 is 326 Å². The molecule has 832 valence electrons. The van der Waals surface area contributed by atoms with Gasteiger partial charge in [0.25, 0.3) is 5.79 Å². The van der Waals surface area contributed by atoms with Gasteiger partial charge in [0, 0.05) is 13.0 Å². The first kappa shape index (κ1) is 119. The van der Waals surface area contributed by atoms with Crippen LogP contribution >= 0.6 is 7.82 Å². The summed E-state index contributed by atoms with van der Waals surface area (Å²) in [5.74, 6) is -10.0. The summed E-state index contributed by atoms with van der Waals surface area (Å²) < 4.78 is 146. The SMILES string of the molecule is NCCOP(=O)(O)O[C@@H](CO[C@H]1O[C@H]([C@@H](O)CO[C@@H]2O[C@H](C(=O)O)[C@H](O)[C@H](O)[C@H]2O)[C@@H](O)[C@H](O)[C@@H]1O)[C@H]1O[C@H](O[C@@H]2[C@H](O)[C@@H](O[C@H]3[C@@H]([C@H](O)CO)O[C@@](O)(C(=O)O)C[C@H]3O)O[C@H]([C@@H](O)CO)[C@H]2O[C@@H]2O[C@H](CO[C@H]3O[C@H](CO)[C@@H](O)[C@H](O)[C@H]3O)[C@@H](O)[C@H](O)[C@H]2O)[C@@H](O)[C@@H](O[C@H]2O[C@H](C(=O)O)[C@H](O[C@@H]3O[C@H](CO[C@H]4O[C@H]([C@H](O)CO)[C@@H](O)[C@H](O)[C@@H]4O)[C@@H](O)[C@H](O)[C@H]3N)[C@H](O)[C@H]2O[C@H]2O[C@H](CO)[C@@H](O)[C@H](O)[C@H]2O)[C@@H]1O. The quantitative estimate of drug-likeness (QED) is 0.0252. The average molecular weight is 2130 g/mol. The maximum absolute atomic E-state index is 14.4. The Balaban J connectivity index is 1.03. The minimum absolute atomic E-state index is 0.696. The summed E-state index contributed by atoms with van der Waals surface area (Å²) in [5, 5.41) is 423. The van der Waals surface area contributed by atoms with Crippen LogP contribution in [0.4, 0.5) is 0 Å². The van der Waals surface area contributed by atoms with E-state index in [4.69, 9.17) is 120 Å². The van der Waals surface area contributed by atoms with Crippen LogP contribution in [-0.2, 0) is 127 Å². The molecule has 0 aromatic rings. The van der Waals surface area contributed by atoms with Gasteiger partial charge in [-0.3, -0.25) is 9.05 Å². The predicted molar refractivity (Wildman–Crippen MR) is 424 cm³/mol. The molecule has 43 N–H and O–H groups in total. The largest absolute Gasteiger partial charge is 0.479 e. The van der Waals surface area contributed by atoms with E-state index < -0.39 is 466 Å². The number of hydrogen-bond donors (Lipinski definition) is 41. The monoisotopic (exact) mass is 2130 g/mol. The van der Waals surface area contributed by atoms with Gasteiger partial charge in [0.15, 0.2) is 75.1 Å². The Morgan fingerprint density at radius 1 is 0.343 bits per heavy atom. The van der Waals surface area contributed by atoms with Gasteiger partial charge in [-0.05, 0) is 0 Å². The van der Waals surface area contributed by atoms with Gasteiger partial charge in [-0.15, -0.1) is 0 Å². The third-order valence-electron chi connectivity index (χ3n) is 25.4. The molecule has 11 fully saturated rings. The lowest BCUT2D eigenvalue weighted by Gasteiger charge is -2.52. The first-order valence-corrected chi connectivity index (χ1v) is 45.6. The standard InChI is InChI=1S/C74H125N2O66P/c75-1-2-124-143(118,119)142-22(12-123-67-40(103)33(96)36(99)49(130-67)17(86)9-120-65-41(104)34(97)37(100)57(137-65)61(111)112)53-44(107)54(134-72-58(138-68-42(105)30(93)25(88)19(8-81)126-68)45(108)55(60(140-72)62(113)114)135-63-23(76)28(91)26(89)20(127-63)10-122-66-39(102)32(95)35(98)48(129-66)14(83)4-77)46(109)70(133-53)136-56-47(110)71(131-50-13(82)3-74(117,73(115)116)141-52(50)16(85)6-79)132-51(15(84)5-78)59(56)139-69-43(106)31(94)27(90)21(128-69)11-121-64-38(101)29(92)24(87)18(7-80)125-64/h13-60,63-72,77-110,117H,1-12,75-76H2,(H,111,112)(H,113,114)(H,115,116)(H,118,119)/t13-,14-,15+,16-,17+,18-,19-,20-,21-,22+,23-,24-,25-,26-,27-,28-,29+,30+,31+,32+,33+,34+,35+,36+,37-,38-,39+,40+,41-,42-,43-,44-,45+,46+,47+,48-,49-,50-,51-,52-,53-,54+,55-,56-,57+,58-,59-,60+,63+,64+,65-,66+,67+,68-,69+,70-,71+,72+,74-/m1/s1. The average Bonchev–Trinajstić information content (AvgIpc) is 0.747. The molecule has 0 bridgehead atoms. The lowest BCUT2D eigenvalue weighted by molar-refractivity contribution is -0.415. The maximum Gasteiger partial charge on any atom is 0.472 e. The Kier molecular flexibility index (Phi) is 42.5. The number of carboxylic acids is 3. The van der Waals surface area contributed by atoms with Crippen molar-refractivity contribution in [2.75, 3.05) is 72.6 Å². The van der Waals surface area contributed by atoms with E-state index in [9.17, 15) is 218 Å². The Morgan fingerprint density at radius 2 is 0.713 bits per heavy atom. The number of ether oxygens (including phenoxy) is 21. The zero-order chi connectivity index (χ0) is 106. The molecule has 11 rings (SSSR count). The van der Waals surface area contributed by atoms with Crippen molar-refractivity contribution in [2.45, 2.75) is 368 Å². The molecule has 0 aliphatic carbocycles. The lowest BCUT2D eigenvalue weighted by atomic mass is 9.91. The third kappa shape index (κ3) is 26.3. The third-order valence-corrected chi connectivity index (χ3v) is 26.5. The first-order chi connectivity index (χ1) is 67.2. The summed E-state index contributed by atoms with van der Waals surface area (Å²) in [5.41, 5.74) is 11.9. The van der Waals surface area contributed by atoms with Crippen molar-refractivity contribution in [1.82, 2.24) is 0 Å². The second-order valence-electron chi connectivity index (χ2n) is 35.2. The molecule has 143 heavy (non-hydrogen) atoms. The number of carbonyl (C=O) groups is 3. The minimum Gasteiger partial charge on any atom is -0.479 e. The van der Waals surface area contributed by atoms with E-state index in [2.05, 4.69) is 0 Å². The minimum atomic E-state index is -6.07. The summed E-state index contributed by atoms with van der Waals surface area (Å²) in [6.07, 6.45) is -146. The van der Waals surface area contributed by atoms with E-state index in [1.807, 2.05) is 0 Å². The lowest BCUT2D eigenvalue weighted by Crippen LogP contribution is -2.71. The Morgan fingerprint density at radius 3 is 1.22 bits per heavy atom. The molecular weight excluding hydrogens is 2000 g/mol. The Bertz CT molecular complexity index is 3990. The van der Waals surface area contributed by atoms with E-state index in [0.29, 0.717) is 0 Å². The molecule has 0 radical (unpaired) electrons. The van der Waals surface area contributed by atoms with Crippen LogP contribution in [-0.4, -0.2) is 651 Å². The summed E-state index contributed by atoms with van der Waals surface area (Å²) in [7, 11) is -6.07. The van der Waals surface area contributed by atoms with Crippen LogP contribution in [0, 0.1) is 0 Å². The molecule has 11 aliphatic rings. The summed E-state index contributed by atoms with van der Waals surface area (Å²) >= 11 is 0. The molecule has 11 saturated heterocycles. The molecule has 11 heterocycles. The first-order valence-electron chi connectivity index (χ1n) is 44.1. The molecule has 0 amide bonds. The van der Waals surface area contributed by atoms with Gasteiger partial charge in [0.05, 0.1) is 78.2 Å². The van der Waals surface area contributed by atoms with Crippen LogP contribution in [0.2, 0.25) is 0 Å². The topological polar surface area (TPSA) is 1120 Å². The van der Waals surface area contributed by atoms with E-state index in [-0.39, 0.29) is 0 Å². The number of rotatable bonds is 42. The van der Waals surface area contributed by atoms with Gasteiger partial charge >= 0.3 is 25.7 Å². The van der Waals surface area contributed by atoms with Gasteiger partial charge < -0.3 is 310 Å². The number of aliphatic hydroxyl groups excluding tert-OH is 34. The smallest absolute Gasteiger partial charge is 0.472 e. The summed E-state index contributed by atoms with van der Waals surface area (Å²) in [6.45, 7) is -13.7. The molecule has 68 nitrogen and oxygen atoms in total. The highest BCUT2D eigenvalue weighted by molar-refractivity contribution is 7.47. The van der Waals surface area contributed by atoms with Crippen LogP contribution in [0.5, 0.6) is 0 Å². The summed E-state index contributed by atoms with van der Waals surface area (Å²) in [4.78, 5) is 50.0. The number of hydrogen-bond acceptors (Lipinski definition) is 64. The Labute approximate surface area is 802 Å². The number of carboxylic acid groups (broad SMARTS) is 3. The van der Waals surface area contributed by atoms with Crippen molar-refractivity contribution in [3.63, 3.8) is 0 Å². The molecule has 0 saturated carbocycles. The molecule has 1 unspecified atom stereocenters. The van der Waals surface area contributed by atoms with Gasteiger partial charge in [-0.1, -0.05) is 0 Å². The molecule has 60 atom stereocenters. The highest BCUT2D eigenvalue weighted by atomic mass is 31.2. The van der Waals surface area contributed by atoms with Crippen molar-refractivity contribution in [3.8, 4) is 0 Å². The highest BCUT2D eigenvalue weighted by Gasteiger charge is 2.65. The molecule has 0 aromatic carbocycles. The summed E-state index contributed by atoms with van der Waals surface area (Å²) in [6, 6.07) is -2.16. The van der Waals surface area contributed by atoms with E-state index in [0.717, 1.165) is 0 Å². The fourth-order valence-corrected chi connectivity index (χ4v) is 18.2. The van der Waals surface area contributed by atoms with E-state index >= 15 is 0 Å². The predicted octanol–water partition coefficient (Wildman–Crippen LogP) is -27.4. The second-order valence-corrected chi connectivity index (χ2v) is 36.6. The molecular formula is C74H125N2O66P. The maximum atomic E-state index is 14.4. The Hall–Kier alpha value is -3.80. The fourth-order valence-electron chi connectivity index (χ4n) is 17.3. The van der Waals surface area contributed by atoms with E-state index in [1.165, 1.54) is 0 Å². The van der Waals surface area contributed by atoms with Crippen molar-refractivity contribution in [1.29, 1.82) is 0 Å². The van der Waals surface area contributed by atoms with Gasteiger partial charge in [-0.25, -0.2) is 18.9 Å². The second kappa shape index (κ2) is 50.8. The zero-order valence-electron chi connectivity index (χ0n) is 74.0. The molecule has 0 spiro atoms. The molecule has 69 heteroatoms. The normalized spacial score (nSPS) is 49.1. The molecule has 11 aliphatic heterocycles. The van der Waals surface area contributed by atoms with Crippen molar-refractivity contribution >= 4 is 25.7 Å². The fraction of sp³-hybridized carbons (Fsp3) is 0.959. The van der Waals surface area contributed by atoms with Crippen molar-refractivity contribution in [2.24, 2.45) is 11.5 Å². The van der Waals surface area contributed by atoms with Crippen LogP contribution in [0.3, 0.4) is 0 Å². The number of aliphatic carboxylic acids is 3. The number of phosphoric acid groups is 1. The number of nitrogens with two attached hydrogens (primary N) is 2. The van der Waals surface area contributed by atoms with Crippen LogP contribution in [0.15, 0.2) is 0 Å². The van der Waals surface area contributed by atoms with Gasteiger partial charge in [0.1, 0.15) is 269 Å². The van der Waals surface area contributed by atoms with Gasteiger partial charge in [0.2, 0.25) is 0 Å². The van der Waals surface area contributed by atoms with Crippen LogP contribution in [0.25, 0.3) is 0 Å². The van der Waals surface area contributed by atoms with E-state index in [1.54, 1.807) is 0 Å². The van der Waals surface area contributed by atoms with Crippen LogP contribution in [0.1, 0.15) is 6.42 Å². The molecule has 0 aromatic heterocycles. The van der Waals surface area contributed by atoms with Crippen LogP contribution < -0.4 is 11.5 Å². The zero-order valence-corrected chi connectivity index (χ0v) is 74.9. The number of phosphoric ester groups is 1. The number of aliphatic hydroxyl groups is 35. The highest BCUT2D eigenvalue weighted by Crippen LogP contribution is 2.49.